The van der Waals surface area contributed by atoms with Gasteiger partial charge in [-0.05, 0) is 54.4 Å². The van der Waals surface area contributed by atoms with Crippen molar-refractivity contribution >= 4 is 23.3 Å². The molecule has 2 aromatic heterocycles. The van der Waals surface area contributed by atoms with Crippen LogP contribution in [0.15, 0.2) is 79.3 Å². The van der Waals surface area contributed by atoms with Gasteiger partial charge in [0.15, 0.2) is 5.82 Å². The fourth-order valence-electron chi connectivity index (χ4n) is 3.11. The van der Waals surface area contributed by atoms with Crippen LogP contribution in [0.1, 0.15) is 31.8 Å². The minimum atomic E-state index is -0.612. The van der Waals surface area contributed by atoms with E-state index in [0.717, 1.165) is 11.1 Å². The molecule has 0 spiro atoms. The van der Waals surface area contributed by atoms with Gasteiger partial charge in [-0.2, -0.15) is 5.10 Å². The minimum Gasteiger partial charge on any atom is -0.322 e. The number of anilines is 2. The Labute approximate surface area is 183 Å². The summed E-state index contributed by atoms with van der Waals surface area (Å²) in [7, 11) is 0. The number of amides is 2. The van der Waals surface area contributed by atoms with Crippen molar-refractivity contribution < 1.29 is 14.0 Å². The second-order valence-corrected chi connectivity index (χ2v) is 7.17. The topological polar surface area (TPSA) is 88.9 Å². The highest BCUT2D eigenvalue weighted by Crippen LogP contribution is 2.20. The lowest BCUT2D eigenvalue weighted by atomic mass is 10.1. The fourth-order valence-corrected chi connectivity index (χ4v) is 3.11. The summed E-state index contributed by atoms with van der Waals surface area (Å²) in [5, 5.41) is 9.79. The Bertz CT molecular complexity index is 1270. The molecule has 0 radical (unpaired) electrons. The first-order valence-electron chi connectivity index (χ1n) is 9.90. The zero-order valence-electron chi connectivity index (χ0n) is 17.2. The number of pyridine rings is 1. The summed E-state index contributed by atoms with van der Waals surface area (Å²) in [5.41, 5.74) is 2.47. The molecule has 4 aromatic rings. The van der Waals surface area contributed by atoms with Crippen LogP contribution in [0.4, 0.5) is 15.9 Å². The molecular weight excluding hydrogens is 409 g/mol. The van der Waals surface area contributed by atoms with Crippen LogP contribution >= 0.6 is 0 Å². The van der Waals surface area contributed by atoms with Gasteiger partial charge in [-0.25, -0.2) is 4.39 Å². The lowest BCUT2D eigenvalue weighted by molar-refractivity contribution is 0.101. The van der Waals surface area contributed by atoms with Gasteiger partial charge in [0.25, 0.3) is 11.8 Å². The number of hydrogen-bond donors (Lipinski definition) is 2. The Morgan fingerprint density at radius 3 is 2.53 bits per heavy atom. The molecule has 32 heavy (non-hydrogen) atoms. The van der Waals surface area contributed by atoms with Crippen LogP contribution in [-0.4, -0.2) is 26.6 Å². The van der Waals surface area contributed by atoms with E-state index in [4.69, 9.17) is 0 Å². The maximum absolute atomic E-state index is 13.9. The molecule has 0 unspecified atom stereocenters. The molecule has 0 atom stereocenters. The molecule has 2 N–H and O–H groups in total. The van der Waals surface area contributed by atoms with Crippen molar-refractivity contribution in [3.8, 4) is 0 Å². The van der Waals surface area contributed by atoms with Gasteiger partial charge in [0.2, 0.25) is 0 Å². The quantitative estimate of drug-likeness (QED) is 0.479. The first-order chi connectivity index (χ1) is 15.5. The van der Waals surface area contributed by atoms with Gasteiger partial charge < -0.3 is 10.6 Å². The second kappa shape index (κ2) is 9.22. The lowest BCUT2D eigenvalue weighted by Crippen LogP contribution is -2.16. The Balaban J connectivity index is 1.45. The summed E-state index contributed by atoms with van der Waals surface area (Å²) >= 11 is 0. The molecule has 0 aliphatic carbocycles. The molecule has 2 aromatic carbocycles. The number of aromatic nitrogens is 3. The molecule has 2 heterocycles. The summed E-state index contributed by atoms with van der Waals surface area (Å²) in [6, 6.07) is 16.1. The van der Waals surface area contributed by atoms with E-state index < -0.39 is 11.7 Å². The number of carbonyl (C=O) groups is 2. The van der Waals surface area contributed by atoms with Crippen LogP contribution in [-0.2, 0) is 6.54 Å². The zero-order valence-corrected chi connectivity index (χ0v) is 17.2. The SMILES string of the molecule is Cc1ccc(C(=O)Nc2ccn(Cc3ccncc3)n2)cc1NC(=O)c1ccccc1F. The van der Waals surface area contributed by atoms with Crippen LogP contribution in [0.3, 0.4) is 0 Å². The summed E-state index contributed by atoms with van der Waals surface area (Å²) in [6.45, 7) is 2.34. The van der Waals surface area contributed by atoms with Crippen LogP contribution in [0, 0.1) is 12.7 Å². The molecule has 0 bridgehead atoms. The van der Waals surface area contributed by atoms with Crippen molar-refractivity contribution in [3.63, 3.8) is 0 Å². The monoisotopic (exact) mass is 429 g/mol. The number of aryl methyl sites for hydroxylation is 1. The Morgan fingerprint density at radius 1 is 0.969 bits per heavy atom. The highest BCUT2D eigenvalue weighted by atomic mass is 19.1. The van der Waals surface area contributed by atoms with Gasteiger partial charge in [-0.1, -0.05) is 18.2 Å². The third-order valence-electron chi connectivity index (χ3n) is 4.84. The first kappa shape index (κ1) is 20.9. The minimum absolute atomic E-state index is 0.0681. The molecule has 7 nitrogen and oxygen atoms in total. The average molecular weight is 429 g/mol. The lowest BCUT2D eigenvalue weighted by Gasteiger charge is -2.11. The number of nitrogens with zero attached hydrogens (tertiary/aromatic N) is 3. The first-order valence-corrected chi connectivity index (χ1v) is 9.90. The number of hydrogen-bond acceptors (Lipinski definition) is 4. The van der Waals surface area contributed by atoms with E-state index in [1.54, 1.807) is 60.5 Å². The zero-order chi connectivity index (χ0) is 22.5. The van der Waals surface area contributed by atoms with E-state index in [-0.39, 0.29) is 11.5 Å². The van der Waals surface area contributed by atoms with Gasteiger partial charge in [-0.15, -0.1) is 0 Å². The molecule has 160 valence electrons. The molecule has 0 aliphatic heterocycles. The molecule has 0 aliphatic rings. The van der Waals surface area contributed by atoms with Crippen molar-refractivity contribution in [2.24, 2.45) is 0 Å². The summed E-state index contributed by atoms with van der Waals surface area (Å²) in [4.78, 5) is 29.1. The van der Waals surface area contributed by atoms with Gasteiger partial charge in [0.1, 0.15) is 5.82 Å². The van der Waals surface area contributed by atoms with E-state index >= 15 is 0 Å². The van der Waals surface area contributed by atoms with Crippen molar-refractivity contribution in [1.82, 2.24) is 14.8 Å². The predicted molar refractivity (Wildman–Crippen MR) is 119 cm³/mol. The molecule has 4 rings (SSSR count). The Kier molecular flexibility index (Phi) is 6.03. The van der Waals surface area contributed by atoms with Crippen molar-refractivity contribution in [2.45, 2.75) is 13.5 Å². The summed E-state index contributed by atoms with van der Waals surface area (Å²) < 4.78 is 15.6. The van der Waals surface area contributed by atoms with E-state index in [0.29, 0.717) is 23.6 Å². The number of rotatable bonds is 6. The molecule has 0 saturated carbocycles. The van der Waals surface area contributed by atoms with Crippen LogP contribution < -0.4 is 10.6 Å². The Morgan fingerprint density at radius 2 is 1.75 bits per heavy atom. The number of halogens is 1. The third kappa shape index (κ3) is 4.86. The standard InChI is InChI=1S/C24H20FN5O2/c1-16-6-7-18(14-21(16)27-24(32)19-4-2-3-5-20(19)25)23(31)28-22-10-13-30(29-22)15-17-8-11-26-12-9-17/h2-14H,15H2,1H3,(H,27,32)(H,28,29,31). The maximum Gasteiger partial charge on any atom is 0.258 e. The van der Waals surface area contributed by atoms with Crippen LogP contribution in [0.5, 0.6) is 0 Å². The van der Waals surface area contributed by atoms with Gasteiger partial charge >= 0.3 is 0 Å². The number of carbonyl (C=O) groups excluding carboxylic acids is 2. The van der Waals surface area contributed by atoms with Crippen molar-refractivity contribution in [1.29, 1.82) is 0 Å². The molecule has 0 fully saturated rings. The molecule has 0 saturated heterocycles. The third-order valence-corrected chi connectivity index (χ3v) is 4.84. The molecular formula is C24H20FN5O2. The summed E-state index contributed by atoms with van der Waals surface area (Å²) in [5.74, 6) is -1.17. The van der Waals surface area contributed by atoms with Crippen molar-refractivity contribution in [3.05, 3.63) is 107 Å². The predicted octanol–water partition coefficient (Wildman–Crippen LogP) is 4.28. The normalized spacial score (nSPS) is 10.6. The molecule has 2 amide bonds. The van der Waals surface area contributed by atoms with Crippen LogP contribution in [0.25, 0.3) is 0 Å². The highest BCUT2D eigenvalue weighted by Gasteiger charge is 2.15. The van der Waals surface area contributed by atoms with Gasteiger partial charge in [0, 0.05) is 35.9 Å². The Hall–Kier alpha value is -4.33. The van der Waals surface area contributed by atoms with Gasteiger partial charge in [-0.3, -0.25) is 19.3 Å². The second-order valence-electron chi connectivity index (χ2n) is 7.17. The smallest absolute Gasteiger partial charge is 0.258 e. The van der Waals surface area contributed by atoms with E-state index in [1.807, 2.05) is 12.1 Å². The van der Waals surface area contributed by atoms with Crippen LogP contribution in [0.2, 0.25) is 0 Å². The average Bonchev–Trinajstić information content (AvgIpc) is 3.22. The fraction of sp³-hybridized carbons (Fsp3) is 0.0833. The molecule has 8 heteroatoms. The maximum atomic E-state index is 13.9. The van der Waals surface area contributed by atoms with E-state index in [9.17, 15) is 14.0 Å². The number of benzene rings is 2. The van der Waals surface area contributed by atoms with E-state index in [1.165, 1.54) is 18.2 Å². The highest BCUT2D eigenvalue weighted by molar-refractivity contribution is 6.07. The van der Waals surface area contributed by atoms with Gasteiger partial charge in [0.05, 0.1) is 12.1 Å². The largest absolute Gasteiger partial charge is 0.322 e. The van der Waals surface area contributed by atoms with Crippen molar-refractivity contribution in [2.75, 3.05) is 10.6 Å². The summed E-state index contributed by atoms with van der Waals surface area (Å²) in [6.07, 6.45) is 5.19. The van der Waals surface area contributed by atoms with E-state index in [2.05, 4.69) is 20.7 Å². The number of nitrogens with one attached hydrogen (secondary N) is 2.